The van der Waals surface area contributed by atoms with Gasteiger partial charge in [-0.25, -0.2) is 4.98 Å². The molecule has 32 heavy (non-hydrogen) atoms. The fraction of sp³-hybridized carbons (Fsp3) is 0.462. The number of nitrogens with zero attached hydrogens (tertiary/aromatic N) is 2. The summed E-state index contributed by atoms with van der Waals surface area (Å²) in [4.78, 5) is 18.8. The van der Waals surface area contributed by atoms with Crippen molar-refractivity contribution < 1.29 is 9.53 Å². The van der Waals surface area contributed by atoms with Crippen LogP contribution in [-0.4, -0.2) is 34.7 Å². The number of benzene rings is 2. The van der Waals surface area contributed by atoms with Crippen LogP contribution in [0, 0.1) is 5.92 Å². The zero-order valence-corrected chi connectivity index (χ0v) is 19.1. The number of halogens is 1. The van der Waals surface area contributed by atoms with Crippen LogP contribution in [0.1, 0.15) is 51.0 Å². The van der Waals surface area contributed by atoms with Crippen molar-refractivity contribution in [3.8, 4) is 11.4 Å². The first-order valence-corrected chi connectivity index (χ1v) is 12.2. The van der Waals surface area contributed by atoms with E-state index >= 15 is 0 Å². The summed E-state index contributed by atoms with van der Waals surface area (Å²) in [7, 11) is 0. The summed E-state index contributed by atoms with van der Waals surface area (Å²) >= 11 is 6.16. The lowest BCUT2D eigenvalue weighted by atomic mass is 9.89. The third-order valence-corrected chi connectivity index (χ3v) is 7.16. The monoisotopic (exact) mass is 451 g/mol. The van der Waals surface area contributed by atoms with Crippen LogP contribution in [0.25, 0.3) is 22.4 Å². The number of nitrogens with one attached hydrogen (secondary N) is 1. The number of imidazole rings is 1. The summed E-state index contributed by atoms with van der Waals surface area (Å²) in [5.41, 5.74) is 2.86. The Morgan fingerprint density at radius 3 is 2.47 bits per heavy atom. The summed E-state index contributed by atoms with van der Waals surface area (Å²) in [5.74, 6) is 1.14. The van der Waals surface area contributed by atoms with Crippen LogP contribution >= 0.6 is 11.6 Å². The lowest BCUT2D eigenvalue weighted by Crippen LogP contribution is -2.44. The molecule has 1 aromatic heterocycles. The normalized spacial score (nSPS) is 19.2. The third kappa shape index (κ3) is 4.41. The molecule has 0 spiro atoms. The van der Waals surface area contributed by atoms with E-state index in [1.807, 2.05) is 42.5 Å². The topological polar surface area (TPSA) is 56.1 Å². The van der Waals surface area contributed by atoms with E-state index in [1.54, 1.807) is 0 Å². The number of amides is 1. The fourth-order valence-electron chi connectivity index (χ4n) is 5.24. The first-order valence-electron chi connectivity index (χ1n) is 11.8. The number of rotatable bonds is 5. The molecule has 168 valence electrons. The molecule has 2 aromatic carbocycles. The number of ether oxygens (including phenoxy) is 1. The summed E-state index contributed by atoms with van der Waals surface area (Å²) < 4.78 is 7.81. The van der Waals surface area contributed by atoms with Gasteiger partial charge in [0.1, 0.15) is 11.9 Å². The summed E-state index contributed by atoms with van der Waals surface area (Å²) in [6.45, 7) is 1.39. The van der Waals surface area contributed by atoms with Gasteiger partial charge >= 0.3 is 0 Å². The molecule has 2 fully saturated rings. The Balaban J connectivity index is 1.60. The van der Waals surface area contributed by atoms with Crippen molar-refractivity contribution in [1.82, 2.24) is 14.9 Å². The van der Waals surface area contributed by atoms with E-state index in [0.717, 1.165) is 48.1 Å². The van der Waals surface area contributed by atoms with Gasteiger partial charge in [-0.05, 0) is 68.0 Å². The molecule has 5 nitrogen and oxygen atoms in total. The van der Waals surface area contributed by atoms with Crippen LogP contribution in [0.15, 0.2) is 48.5 Å². The Labute approximate surface area is 194 Å². The summed E-state index contributed by atoms with van der Waals surface area (Å²) in [6.07, 6.45) is 7.53. The van der Waals surface area contributed by atoms with Gasteiger partial charge in [0.15, 0.2) is 0 Å². The van der Waals surface area contributed by atoms with Gasteiger partial charge in [0.2, 0.25) is 5.91 Å². The highest BCUT2D eigenvalue weighted by Gasteiger charge is 2.35. The maximum Gasteiger partial charge on any atom is 0.243 e. The van der Waals surface area contributed by atoms with Gasteiger partial charge < -0.3 is 14.6 Å². The SMILES string of the molecule is O=C(NC1CCCCC1)C(C1CCOCC1)n1c(-c2ccc(Cl)cc2)nc2ccccc21. The first-order chi connectivity index (χ1) is 15.7. The molecular weight excluding hydrogens is 422 g/mol. The summed E-state index contributed by atoms with van der Waals surface area (Å²) in [6, 6.07) is 15.8. The van der Waals surface area contributed by atoms with E-state index in [4.69, 9.17) is 21.3 Å². The zero-order chi connectivity index (χ0) is 21.9. The standard InChI is InChI=1S/C26H30ClN3O2/c27-20-12-10-19(11-13-20)25-29-22-8-4-5-9-23(22)30(25)24(18-14-16-32-17-15-18)26(31)28-21-6-2-1-3-7-21/h4-5,8-13,18,21,24H,1-3,6-7,14-17H2,(H,28,31). The predicted molar refractivity (Wildman–Crippen MR) is 128 cm³/mol. The average Bonchev–Trinajstić information content (AvgIpc) is 3.20. The highest BCUT2D eigenvalue weighted by molar-refractivity contribution is 6.30. The minimum absolute atomic E-state index is 0.113. The van der Waals surface area contributed by atoms with Crippen LogP contribution in [0.3, 0.4) is 0 Å². The van der Waals surface area contributed by atoms with Gasteiger partial charge in [-0.15, -0.1) is 0 Å². The lowest BCUT2D eigenvalue weighted by Gasteiger charge is -2.33. The largest absolute Gasteiger partial charge is 0.381 e. The third-order valence-electron chi connectivity index (χ3n) is 6.91. The number of aromatic nitrogens is 2. The lowest BCUT2D eigenvalue weighted by molar-refractivity contribution is -0.127. The van der Waals surface area contributed by atoms with Crippen molar-refractivity contribution in [2.75, 3.05) is 13.2 Å². The Hall–Kier alpha value is -2.37. The molecule has 2 heterocycles. The van der Waals surface area contributed by atoms with Crippen LogP contribution in [-0.2, 0) is 9.53 Å². The molecule has 1 saturated carbocycles. The van der Waals surface area contributed by atoms with Gasteiger partial charge in [0.05, 0.1) is 11.0 Å². The van der Waals surface area contributed by atoms with E-state index < -0.39 is 0 Å². The van der Waals surface area contributed by atoms with Gasteiger partial charge in [0, 0.05) is 29.8 Å². The van der Waals surface area contributed by atoms with E-state index in [-0.39, 0.29) is 23.9 Å². The smallest absolute Gasteiger partial charge is 0.243 e. The fourth-order valence-corrected chi connectivity index (χ4v) is 5.36. The predicted octanol–water partition coefficient (Wildman–Crippen LogP) is 5.77. The second-order valence-corrected chi connectivity index (χ2v) is 9.48. The molecule has 1 aliphatic carbocycles. The molecule has 1 atom stereocenters. The molecule has 2 aliphatic rings. The molecule has 6 heteroatoms. The Bertz CT molecular complexity index is 1070. The highest BCUT2D eigenvalue weighted by atomic mass is 35.5. The van der Waals surface area contributed by atoms with Crippen molar-refractivity contribution in [3.05, 3.63) is 53.6 Å². The first kappa shape index (κ1) is 21.5. The molecule has 1 unspecified atom stereocenters. The molecule has 1 amide bonds. The Morgan fingerprint density at radius 2 is 1.72 bits per heavy atom. The molecule has 1 N–H and O–H groups in total. The molecule has 1 aliphatic heterocycles. The van der Waals surface area contributed by atoms with E-state index in [9.17, 15) is 4.79 Å². The molecule has 3 aromatic rings. The maximum absolute atomic E-state index is 13.9. The number of carbonyl (C=O) groups is 1. The van der Waals surface area contributed by atoms with Crippen molar-refractivity contribution >= 4 is 28.5 Å². The van der Waals surface area contributed by atoms with Crippen LogP contribution in [0.4, 0.5) is 0 Å². The van der Waals surface area contributed by atoms with Crippen molar-refractivity contribution in [2.24, 2.45) is 5.92 Å². The average molecular weight is 452 g/mol. The second-order valence-electron chi connectivity index (χ2n) is 9.04. The van der Waals surface area contributed by atoms with E-state index in [0.29, 0.717) is 18.2 Å². The number of hydrogen-bond acceptors (Lipinski definition) is 3. The summed E-state index contributed by atoms with van der Waals surface area (Å²) in [5, 5.41) is 4.09. The molecule has 1 saturated heterocycles. The van der Waals surface area contributed by atoms with Gasteiger partial charge in [-0.1, -0.05) is 43.0 Å². The van der Waals surface area contributed by atoms with Crippen molar-refractivity contribution in [3.63, 3.8) is 0 Å². The van der Waals surface area contributed by atoms with Crippen LogP contribution in [0.5, 0.6) is 0 Å². The maximum atomic E-state index is 13.9. The number of carbonyl (C=O) groups excluding carboxylic acids is 1. The molecule has 0 bridgehead atoms. The minimum atomic E-state index is -0.320. The quantitative estimate of drug-likeness (QED) is 0.535. The number of para-hydroxylation sites is 2. The van der Waals surface area contributed by atoms with Gasteiger partial charge in [0.25, 0.3) is 0 Å². The van der Waals surface area contributed by atoms with Crippen molar-refractivity contribution in [1.29, 1.82) is 0 Å². The van der Waals surface area contributed by atoms with Crippen molar-refractivity contribution in [2.45, 2.75) is 57.0 Å². The van der Waals surface area contributed by atoms with E-state index in [2.05, 4.69) is 16.0 Å². The number of fused-ring (bicyclic) bond motifs is 1. The van der Waals surface area contributed by atoms with Crippen LogP contribution < -0.4 is 5.32 Å². The number of hydrogen-bond donors (Lipinski definition) is 1. The second kappa shape index (κ2) is 9.63. The van der Waals surface area contributed by atoms with Gasteiger partial charge in [-0.3, -0.25) is 4.79 Å². The molecule has 5 rings (SSSR count). The minimum Gasteiger partial charge on any atom is -0.381 e. The highest BCUT2D eigenvalue weighted by Crippen LogP contribution is 2.36. The molecular formula is C26H30ClN3O2. The zero-order valence-electron chi connectivity index (χ0n) is 18.3. The van der Waals surface area contributed by atoms with Gasteiger partial charge in [-0.2, -0.15) is 0 Å². The van der Waals surface area contributed by atoms with Crippen LogP contribution in [0.2, 0.25) is 5.02 Å². The Morgan fingerprint density at radius 1 is 1.00 bits per heavy atom. The van der Waals surface area contributed by atoms with E-state index in [1.165, 1.54) is 19.3 Å². The molecule has 0 radical (unpaired) electrons. The Kier molecular flexibility index (Phi) is 6.47.